The number of nitrogens with zero attached hydrogens (tertiary/aromatic N) is 2. The monoisotopic (exact) mass is 468 g/mol. The molecule has 4 rings (SSSR count). The maximum absolute atomic E-state index is 13.2. The standard InChI is InChI=1S/C25H28N2O3S2/c1-15(2)13-27-24-21(23(29)26(4)25(27)30)22(31-14-16(3)28)20(32-24)12-18-10-7-9-17-8-5-6-11-19(17)18/h5-11,15-16,28H,12-14H2,1-4H3. The number of benzene rings is 2. The van der Waals surface area contributed by atoms with E-state index in [-0.39, 0.29) is 17.2 Å². The zero-order valence-corrected chi connectivity index (χ0v) is 20.4. The molecule has 0 radical (unpaired) electrons. The molecule has 0 aliphatic rings. The van der Waals surface area contributed by atoms with Crippen molar-refractivity contribution >= 4 is 44.1 Å². The van der Waals surface area contributed by atoms with Crippen LogP contribution < -0.4 is 11.2 Å². The van der Waals surface area contributed by atoms with Gasteiger partial charge in [0.05, 0.1) is 11.5 Å². The Bertz CT molecular complexity index is 1390. The molecule has 4 aromatic rings. The first-order chi connectivity index (χ1) is 15.3. The van der Waals surface area contributed by atoms with E-state index < -0.39 is 6.10 Å². The number of thiophene rings is 1. The Morgan fingerprint density at radius 1 is 1.06 bits per heavy atom. The Morgan fingerprint density at radius 2 is 1.78 bits per heavy atom. The lowest BCUT2D eigenvalue weighted by Crippen LogP contribution is -2.38. The summed E-state index contributed by atoms with van der Waals surface area (Å²) in [6.07, 6.45) is 0.174. The highest BCUT2D eigenvalue weighted by Crippen LogP contribution is 2.38. The Morgan fingerprint density at radius 3 is 2.50 bits per heavy atom. The molecule has 0 fully saturated rings. The van der Waals surface area contributed by atoms with Crippen LogP contribution in [0.15, 0.2) is 56.9 Å². The van der Waals surface area contributed by atoms with Gasteiger partial charge in [-0.15, -0.1) is 23.1 Å². The van der Waals surface area contributed by atoms with E-state index in [0.29, 0.717) is 24.1 Å². The summed E-state index contributed by atoms with van der Waals surface area (Å²) in [4.78, 5) is 28.8. The lowest BCUT2D eigenvalue weighted by Gasteiger charge is -2.12. The Hall–Kier alpha value is -2.35. The van der Waals surface area contributed by atoms with Crippen LogP contribution in [0.1, 0.15) is 31.2 Å². The molecule has 0 amide bonds. The van der Waals surface area contributed by atoms with Gasteiger partial charge in [-0.1, -0.05) is 56.3 Å². The van der Waals surface area contributed by atoms with Gasteiger partial charge in [0.25, 0.3) is 5.56 Å². The summed E-state index contributed by atoms with van der Waals surface area (Å²) in [7, 11) is 1.55. The van der Waals surface area contributed by atoms with Crippen LogP contribution in [-0.2, 0) is 20.0 Å². The summed E-state index contributed by atoms with van der Waals surface area (Å²) in [5, 5.41) is 12.9. The van der Waals surface area contributed by atoms with Crippen molar-refractivity contribution in [1.82, 2.24) is 9.13 Å². The summed E-state index contributed by atoms with van der Waals surface area (Å²) in [5.74, 6) is 0.756. The smallest absolute Gasteiger partial charge is 0.331 e. The van der Waals surface area contributed by atoms with Crippen LogP contribution in [0.2, 0.25) is 0 Å². The van der Waals surface area contributed by atoms with Gasteiger partial charge >= 0.3 is 5.69 Å². The first-order valence-corrected chi connectivity index (χ1v) is 12.6. The van der Waals surface area contributed by atoms with Crippen LogP contribution in [0.4, 0.5) is 0 Å². The van der Waals surface area contributed by atoms with E-state index in [9.17, 15) is 14.7 Å². The van der Waals surface area contributed by atoms with E-state index in [0.717, 1.165) is 14.6 Å². The Balaban J connectivity index is 1.96. The summed E-state index contributed by atoms with van der Waals surface area (Å²) in [5.41, 5.74) is 0.642. The molecule has 32 heavy (non-hydrogen) atoms. The predicted octanol–water partition coefficient (Wildman–Crippen LogP) is 4.63. The third-order valence-corrected chi connectivity index (χ3v) is 8.17. The fourth-order valence-electron chi connectivity index (χ4n) is 3.97. The number of rotatable bonds is 7. The topological polar surface area (TPSA) is 64.2 Å². The van der Waals surface area contributed by atoms with Gasteiger partial charge in [-0.05, 0) is 29.2 Å². The highest BCUT2D eigenvalue weighted by molar-refractivity contribution is 7.99. The van der Waals surface area contributed by atoms with Gasteiger partial charge in [0, 0.05) is 35.5 Å². The minimum Gasteiger partial charge on any atom is -0.393 e. The van der Waals surface area contributed by atoms with Crippen molar-refractivity contribution in [2.45, 2.75) is 44.7 Å². The average molecular weight is 469 g/mol. The first-order valence-electron chi connectivity index (χ1n) is 10.8. The summed E-state index contributed by atoms with van der Waals surface area (Å²) < 4.78 is 2.96. The first kappa shape index (κ1) is 22.8. The van der Waals surface area contributed by atoms with E-state index in [2.05, 4.69) is 44.2 Å². The SMILES string of the molecule is CC(C)Cn1c(=O)n(C)c(=O)c2c(SCC(C)O)c(Cc3cccc4ccccc34)sc21. The van der Waals surface area contributed by atoms with Crippen LogP contribution in [-0.4, -0.2) is 26.1 Å². The summed E-state index contributed by atoms with van der Waals surface area (Å²) >= 11 is 3.04. The number of fused-ring (bicyclic) bond motifs is 2. The quantitative estimate of drug-likeness (QED) is 0.402. The molecule has 0 saturated heterocycles. The number of hydrogen-bond acceptors (Lipinski definition) is 5. The molecule has 0 aliphatic carbocycles. The van der Waals surface area contributed by atoms with E-state index in [1.165, 1.54) is 44.0 Å². The van der Waals surface area contributed by atoms with Crippen LogP contribution in [0.3, 0.4) is 0 Å². The van der Waals surface area contributed by atoms with Crippen LogP contribution in [0, 0.1) is 5.92 Å². The molecule has 1 unspecified atom stereocenters. The highest BCUT2D eigenvalue weighted by atomic mass is 32.2. The Kier molecular flexibility index (Phi) is 6.60. The van der Waals surface area contributed by atoms with Gasteiger partial charge in [-0.25, -0.2) is 4.79 Å². The summed E-state index contributed by atoms with van der Waals surface area (Å²) in [6, 6.07) is 14.6. The number of hydrogen-bond donors (Lipinski definition) is 1. The number of aliphatic hydroxyl groups excluding tert-OH is 1. The van der Waals surface area contributed by atoms with Crippen LogP contribution in [0.5, 0.6) is 0 Å². The second-order valence-corrected chi connectivity index (χ2v) is 10.8. The third kappa shape index (κ3) is 4.29. The molecule has 2 aromatic carbocycles. The van der Waals surface area contributed by atoms with Crippen molar-refractivity contribution in [2.75, 3.05) is 5.75 Å². The molecule has 0 aliphatic heterocycles. The number of thioether (sulfide) groups is 1. The lowest BCUT2D eigenvalue weighted by atomic mass is 10.0. The fraction of sp³-hybridized carbons (Fsp3) is 0.360. The number of aliphatic hydroxyl groups is 1. The Labute approximate surface area is 195 Å². The van der Waals surface area contributed by atoms with Gasteiger partial charge in [-0.2, -0.15) is 0 Å². The van der Waals surface area contributed by atoms with E-state index >= 15 is 0 Å². The van der Waals surface area contributed by atoms with Crippen LogP contribution >= 0.6 is 23.1 Å². The summed E-state index contributed by atoms with van der Waals surface area (Å²) in [6.45, 7) is 6.44. The molecule has 1 N–H and O–H groups in total. The molecule has 2 aromatic heterocycles. The van der Waals surface area contributed by atoms with Crippen molar-refractivity contribution in [2.24, 2.45) is 13.0 Å². The maximum atomic E-state index is 13.2. The van der Waals surface area contributed by atoms with Crippen molar-refractivity contribution in [1.29, 1.82) is 0 Å². The van der Waals surface area contributed by atoms with E-state index in [1.54, 1.807) is 18.5 Å². The third-order valence-electron chi connectivity index (χ3n) is 5.44. The normalized spacial score (nSPS) is 12.8. The van der Waals surface area contributed by atoms with E-state index in [1.807, 2.05) is 12.1 Å². The van der Waals surface area contributed by atoms with Crippen LogP contribution in [0.25, 0.3) is 21.0 Å². The molecule has 7 heteroatoms. The minimum atomic E-state index is -0.495. The zero-order valence-electron chi connectivity index (χ0n) is 18.8. The van der Waals surface area contributed by atoms with Crippen molar-refractivity contribution in [3.63, 3.8) is 0 Å². The van der Waals surface area contributed by atoms with Crippen molar-refractivity contribution in [3.05, 3.63) is 73.7 Å². The molecule has 0 bridgehead atoms. The molecular formula is C25H28N2O3S2. The zero-order chi connectivity index (χ0) is 23.0. The molecule has 0 saturated carbocycles. The molecule has 0 spiro atoms. The molecule has 2 heterocycles. The largest absolute Gasteiger partial charge is 0.393 e. The van der Waals surface area contributed by atoms with Gasteiger partial charge < -0.3 is 5.11 Å². The lowest BCUT2D eigenvalue weighted by molar-refractivity contribution is 0.220. The highest BCUT2D eigenvalue weighted by Gasteiger charge is 2.22. The molecular weight excluding hydrogens is 440 g/mol. The van der Waals surface area contributed by atoms with Gasteiger partial charge in [0.1, 0.15) is 4.83 Å². The second kappa shape index (κ2) is 9.25. The molecule has 5 nitrogen and oxygen atoms in total. The van der Waals surface area contributed by atoms with Crippen molar-refractivity contribution in [3.8, 4) is 0 Å². The van der Waals surface area contributed by atoms with Crippen molar-refractivity contribution < 1.29 is 5.11 Å². The molecule has 1 atom stereocenters. The number of aromatic nitrogens is 2. The maximum Gasteiger partial charge on any atom is 0.331 e. The predicted molar refractivity (Wildman–Crippen MR) is 135 cm³/mol. The van der Waals surface area contributed by atoms with E-state index in [4.69, 9.17) is 0 Å². The van der Waals surface area contributed by atoms with Gasteiger partial charge in [0.15, 0.2) is 0 Å². The van der Waals surface area contributed by atoms with Gasteiger partial charge in [0.2, 0.25) is 0 Å². The van der Waals surface area contributed by atoms with Gasteiger partial charge in [-0.3, -0.25) is 13.9 Å². The molecule has 168 valence electrons. The minimum absolute atomic E-state index is 0.265. The second-order valence-electron chi connectivity index (χ2n) is 8.66. The fourth-order valence-corrected chi connectivity index (χ4v) is 6.52. The average Bonchev–Trinajstić information content (AvgIpc) is 3.12.